The number of benzene rings is 1. The lowest BCUT2D eigenvalue weighted by Crippen LogP contribution is -2.40. The largest absolute Gasteiger partial charge is 0.344 e. The second kappa shape index (κ2) is 7.06. The molecular formula is C17H22N4O4S. The van der Waals surface area contributed by atoms with Gasteiger partial charge in [-0.3, -0.25) is 9.36 Å². The van der Waals surface area contributed by atoms with Crippen LogP contribution in [0.4, 0.5) is 5.69 Å². The third-order valence-corrected chi connectivity index (χ3v) is 6.02. The molecule has 8 nitrogen and oxygen atoms in total. The maximum atomic E-state index is 12.8. The lowest BCUT2D eigenvalue weighted by atomic mass is 10.1. The fraction of sp³-hybridized carbons (Fsp3) is 0.471. The van der Waals surface area contributed by atoms with Gasteiger partial charge in [-0.2, -0.15) is 0 Å². The Morgan fingerprint density at radius 3 is 2.81 bits per heavy atom. The van der Waals surface area contributed by atoms with E-state index in [4.69, 9.17) is 0 Å². The predicted octanol–water partition coefficient (Wildman–Crippen LogP) is 1.12. The molecule has 0 bridgehead atoms. The highest BCUT2D eigenvalue weighted by atomic mass is 32.2. The Morgan fingerprint density at radius 2 is 2.08 bits per heavy atom. The molecule has 0 aliphatic carbocycles. The van der Waals surface area contributed by atoms with Crippen LogP contribution in [0.15, 0.2) is 34.2 Å². The number of anilines is 1. The van der Waals surface area contributed by atoms with Crippen molar-refractivity contribution in [1.29, 1.82) is 0 Å². The lowest BCUT2D eigenvalue weighted by Gasteiger charge is -2.22. The Bertz CT molecular complexity index is 977. The summed E-state index contributed by atoms with van der Waals surface area (Å²) in [5.41, 5.74) is 1.18. The molecule has 2 heterocycles. The zero-order valence-corrected chi connectivity index (χ0v) is 15.6. The van der Waals surface area contributed by atoms with Gasteiger partial charge in [0.05, 0.1) is 0 Å². The van der Waals surface area contributed by atoms with Crippen LogP contribution in [-0.4, -0.2) is 40.9 Å². The number of nitrogens with zero attached hydrogens (tertiary/aromatic N) is 3. The van der Waals surface area contributed by atoms with Crippen LogP contribution in [0.3, 0.4) is 0 Å². The van der Waals surface area contributed by atoms with Crippen LogP contribution in [-0.2, 0) is 27.6 Å². The number of carbonyl (C=O) groups is 1. The van der Waals surface area contributed by atoms with Gasteiger partial charge in [-0.05, 0) is 31.4 Å². The van der Waals surface area contributed by atoms with Crippen molar-refractivity contribution in [3.8, 4) is 0 Å². The van der Waals surface area contributed by atoms with Gasteiger partial charge in [0, 0.05) is 18.3 Å². The summed E-state index contributed by atoms with van der Waals surface area (Å²) in [6.07, 6.45) is 2.14. The van der Waals surface area contributed by atoms with Gasteiger partial charge in [-0.15, -0.1) is 5.10 Å². The molecule has 9 heteroatoms. The number of hydrogen-bond donors (Lipinski definition) is 1. The highest BCUT2D eigenvalue weighted by Gasteiger charge is 2.35. The van der Waals surface area contributed by atoms with Gasteiger partial charge in [0.2, 0.25) is 15.7 Å². The molecule has 3 rings (SSSR count). The maximum absolute atomic E-state index is 12.8. The van der Waals surface area contributed by atoms with Crippen LogP contribution < -0.4 is 10.6 Å². The number of fused-ring (bicyclic) bond motifs is 1. The number of unbranched alkanes of at least 4 members (excludes halogenated alkanes) is 1. The quantitative estimate of drug-likeness (QED) is 0.811. The summed E-state index contributed by atoms with van der Waals surface area (Å²) in [6, 6.07) is 7.35. The van der Waals surface area contributed by atoms with Gasteiger partial charge >= 0.3 is 5.69 Å². The van der Waals surface area contributed by atoms with Crippen LogP contribution >= 0.6 is 0 Å². The molecule has 1 aromatic heterocycles. The van der Waals surface area contributed by atoms with E-state index in [0.29, 0.717) is 12.8 Å². The van der Waals surface area contributed by atoms with E-state index < -0.39 is 27.2 Å². The van der Waals surface area contributed by atoms with E-state index in [2.05, 4.69) is 10.2 Å². The molecule has 140 valence electrons. The molecule has 1 aromatic carbocycles. The van der Waals surface area contributed by atoms with Crippen molar-refractivity contribution in [1.82, 2.24) is 14.8 Å². The lowest BCUT2D eigenvalue weighted by molar-refractivity contribution is -0.116. The van der Waals surface area contributed by atoms with Crippen molar-refractivity contribution in [3.05, 3.63) is 40.3 Å². The maximum Gasteiger partial charge on any atom is 0.344 e. The molecule has 1 atom stereocenters. The summed E-state index contributed by atoms with van der Waals surface area (Å²) in [7, 11) is -4.03. The van der Waals surface area contributed by atoms with E-state index >= 15 is 0 Å². The molecule has 0 saturated carbocycles. The number of H-pyrrole nitrogens is 1. The monoisotopic (exact) mass is 378 g/mol. The van der Waals surface area contributed by atoms with E-state index in [1.165, 1.54) is 4.90 Å². The molecule has 1 aliphatic heterocycles. The van der Waals surface area contributed by atoms with Crippen LogP contribution in [0.1, 0.15) is 32.3 Å². The summed E-state index contributed by atoms with van der Waals surface area (Å²) < 4.78 is 26.5. The predicted molar refractivity (Wildman–Crippen MR) is 96.9 cm³/mol. The molecule has 26 heavy (non-hydrogen) atoms. The fourth-order valence-corrected chi connectivity index (χ4v) is 4.58. The molecule has 0 saturated heterocycles. The Kier molecular flexibility index (Phi) is 4.99. The minimum atomic E-state index is -4.03. The van der Waals surface area contributed by atoms with Gasteiger partial charge in [0.1, 0.15) is 5.75 Å². The number of amides is 1. The van der Waals surface area contributed by atoms with Crippen molar-refractivity contribution < 1.29 is 13.2 Å². The summed E-state index contributed by atoms with van der Waals surface area (Å²) >= 11 is 0. The second-order valence-electron chi connectivity index (χ2n) is 6.52. The van der Waals surface area contributed by atoms with E-state index in [0.717, 1.165) is 22.2 Å². The van der Waals surface area contributed by atoms with Crippen molar-refractivity contribution in [3.63, 3.8) is 0 Å². The van der Waals surface area contributed by atoms with E-state index in [-0.39, 0.29) is 17.7 Å². The van der Waals surface area contributed by atoms with Gasteiger partial charge in [-0.1, -0.05) is 31.5 Å². The van der Waals surface area contributed by atoms with E-state index in [9.17, 15) is 18.0 Å². The number of nitrogens with one attached hydrogen (secondary N) is 1. The van der Waals surface area contributed by atoms with Gasteiger partial charge in [0.25, 0.3) is 5.16 Å². The normalized spacial score (nSPS) is 16.7. The Labute approximate surface area is 151 Å². The van der Waals surface area contributed by atoms with Crippen molar-refractivity contribution in [2.24, 2.45) is 0 Å². The SMILES string of the molecule is CCCCn1c(S(=O)(=O)CC(=O)N2c3ccccc3C[C@@H]2C)n[nH]c1=O. The second-order valence-corrected chi connectivity index (χ2v) is 8.40. The molecule has 1 amide bonds. The number of sulfone groups is 1. The van der Waals surface area contributed by atoms with Crippen LogP contribution in [0, 0.1) is 0 Å². The van der Waals surface area contributed by atoms with Gasteiger partial charge < -0.3 is 4.90 Å². The molecular weight excluding hydrogens is 356 g/mol. The topological polar surface area (TPSA) is 105 Å². The van der Waals surface area contributed by atoms with Gasteiger partial charge in [-0.25, -0.2) is 18.3 Å². The molecule has 0 radical (unpaired) electrons. The number of aromatic nitrogens is 3. The first kappa shape index (κ1) is 18.4. The van der Waals surface area contributed by atoms with Crippen molar-refractivity contribution >= 4 is 21.4 Å². The number of hydrogen-bond acceptors (Lipinski definition) is 5. The first-order valence-electron chi connectivity index (χ1n) is 8.63. The average molecular weight is 378 g/mol. The summed E-state index contributed by atoms with van der Waals surface area (Å²) in [6.45, 7) is 4.07. The smallest absolute Gasteiger partial charge is 0.308 e. The fourth-order valence-electron chi connectivity index (χ4n) is 3.30. The zero-order chi connectivity index (χ0) is 18.9. The van der Waals surface area contributed by atoms with Crippen LogP contribution in [0.2, 0.25) is 0 Å². The molecule has 1 aliphatic rings. The minimum absolute atomic E-state index is 0.114. The van der Waals surface area contributed by atoms with Crippen LogP contribution in [0.5, 0.6) is 0 Å². The average Bonchev–Trinajstić information content (AvgIpc) is 3.11. The Balaban J connectivity index is 1.87. The van der Waals surface area contributed by atoms with Crippen LogP contribution in [0.25, 0.3) is 0 Å². The van der Waals surface area contributed by atoms with Gasteiger partial charge in [0.15, 0.2) is 0 Å². The molecule has 2 aromatic rings. The summed E-state index contributed by atoms with van der Waals surface area (Å²) in [4.78, 5) is 26.1. The molecule has 0 unspecified atom stereocenters. The third kappa shape index (κ3) is 3.31. The minimum Gasteiger partial charge on any atom is -0.308 e. The Hall–Kier alpha value is -2.42. The molecule has 0 fully saturated rings. The molecule has 1 N–H and O–H groups in total. The first-order valence-corrected chi connectivity index (χ1v) is 10.3. The van der Waals surface area contributed by atoms with E-state index in [1.54, 1.807) is 0 Å². The molecule has 0 spiro atoms. The van der Waals surface area contributed by atoms with Crippen molar-refractivity contribution in [2.45, 2.75) is 50.9 Å². The zero-order valence-electron chi connectivity index (χ0n) is 14.8. The number of carbonyl (C=O) groups excluding carboxylic acids is 1. The standard InChI is InChI=1S/C17H22N4O4S/c1-3-4-9-20-16(23)18-19-17(20)26(24,25)11-15(22)21-12(2)10-13-7-5-6-8-14(13)21/h5-8,12H,3-4,9-11H2,1-2H3,(H,18,23)/t12-/m0/s1. The summed E-state index contributed by atoms with van der Waals surface area (Å²) in [5.74, 6) is -1.23. The van der Waals surface area contributed by atoms with Crippen molar-refractivity contribution in [2.75, 3.05) is 10.7 Å². The van der Waals surface area contributed by atoms with E-state index in [1.807, 2.05) is 38.1 Å². The number of aromatic amines is 1. The Morgan fingerprint density at radius 1 is 1.35 bits per heavy atom. The summed E-state index contributed by atoms with van der Waals surface area (Å²) in [5, 5.41) is 5.45. The third-order valence-electron chi connectivity index (χ3n) is 4.53. The highest BCUT2D eigenvalue weighted by Crippen LogP contribution is 2.32. The highest BCUT2D eigenvalue weighted by molar-refractivity contribution is 7.92. The first-order chi connectivity index (χ1) is 12.3. The number of rotatable bonds is 6. The number of para-hydroxylation sites is 1.